The van der Waals surface area contributed by atoms with E-state index in [0.717, 1.165) is 42.8 Å². The fourth-order valence-corrected chi connectivity index (χ4v) is 5.35. The Morgan fingerprint density at radius 3 is 2.43 bits per heavy atom. The number of nitrogens with zero attached hydrogens (tertiary/aromatic N) is 5. The summed E-state index contributed by atoms with van der Waals surface area (Å²) in [5.74, 6) is 0. The minimum absolute atomic E-state index is 0.634. The van der Waals surface area contributed by atoms with Crippen LogP contribution in [0.1, 0.15) is 32.1 Å². The van der Waals surface area contributed by atoms with Gasteiger partial charge in [-0.15, -0.1) is 0 Å². The molecule has 0 aromatic carbocycles. The summed E-state index contributed by atoms with van der Waals surface area (Å²) in [6.45, 7) is 4.30. The minimum atomic E-state index is 0.634. The summed E-state index contributed by atoms with van der Waals surface area (Å²) in [7, 11) is 1.94. The molecule has 6 heterocycles. The van der Waals surface area contributed by atoms with Gasteiger partial charge in [-0.3, -0.25) is 4.68 Å². The Morgan fingerprint density at radius 1 is 1.07 bits per heavy atom. The van der Waals surface area contributed by atoms with Crippen molar-refractivity contribution < 1.29 is 4.74 Å². The lowest BCUT2D eigenvalue weighted by Crippen LogP contribution is -2.51. The smallest absolute Gasteiger partial charge is 0.0886 e. The first-order valence-corrected chi connectivity index (χ1v) is 11.2. The molecule has 30 heavy (non-hydrogen) atoms. The third-order valence-electron chi connectivity index (χ3n) is 7.31. The number of anilines is 1. The van der Waals surface area contributed by atoms with E-state index in [2.05, 4.69) is 38.7 Å². The highest BCUT2D eigenvalue weighted by atomic mass is 16.5. The molecule has 3 saturated heterocycles. The van der Waals surface area contributed by atoms with Gasteiger partial charge in [0, 0.05) is 67.4 Å². The SMILES string of the molecule is C1CC2(C1)COC2.Cn1cc(-c2cc3c(N4CC5CCC(C4)N5)ccnn3c2)cn1. The summed E-state index contributed by atoms with van der Waals surface area (Å²) in [5.41, 5.74) is 5.47. The predicted molar refractivity (Wildman–Crippen MR) is 117 cm³/mol. The van der Waals surface area contributed by atoms with Crippen LogP contribution in [0.25, 0.3) is 16.6 Å². The molecule has 4 fully saturated rings. The molecule has 1 aliphatic carbocycles. The summed E-state index contributed by atoms with van der Waals surface area (Å²) < 4.78 is 8.90. The second-order valence-electron chi connectivity index (χ2n) is 9.57. The number of hydrogen-bond acceptors (Lipinski definition) is 5. The van der Waals surface area contributed by atoms with E-state index in [9.17, 15) is 0 Å². The molecule has 3 aromatic heterocycles. The zero-order valence-corrected chi connectivity index (χ0v) is 17.6. The van der Waals surface area contributed by atoms with Gasteiger partial charge in [0.25, 0.3) is 0 Å². The monoisotopic (exact) mass is 406 g/mol. The molecule has 7 nitrogen and oxygen atoms in total. The van der Waals surface area contributed by atoms with Crippen LogP contribution in [-0.2, 0) is 11.8 Å². The van der Waals surface area contributed by atoms with Crippen molar-refractivity contribution in [3.05, 3.63) is 36.9 Å². The molecule has 2 bridgehead atoms. The maximum absolute atomic E-state index is 5.08. The van der Waals surface area contributed by atoms with Gasteiger partial charge in [-0.2, -0.15) is 10.2 Å². The molecule has 2 unspecified atom stereocenters. The Morgan fingerprint density at radius 2 is 1.87 bits per heavy atom. The first-order chi connectivity index (χ1) is 14.7. The van der Waals surface area contributed by atoms with Gasteiger partial charge in [-0.25, -0.2) is 4.52 Å². The molecule has 3 aromatic rings. The molecule has 0 radical (unpaired) electrons. The van der Waals surface area contributed by atoms with Crippen molar-refractivity contribution in [2.75, 3.05) is 31.2 Å². The third-order valence-corrected chi connectivity index (χ3v) is 7.31. The second-order valence-corrected chi connectivity index (χ2v) is 9.57. The number of fused-ring (bicyclic) bond motifs is 3. The first-order valence-electron chi connectivity index (χ1n) is 11.2. The number of rotatable bonds is 2. The van der Waals surface area contributed by atoms with Crippen LogP contribution in [0, 0.1) is 5.41 Å². The molecule has 1 spiro atoms. The molecule has 2 atom stereocenters. The number of ether oxygens (including phenoxy) is 1. The summed E-state index contributed by atoms with van der Waals surface area (Å²) in [5, 5.41) is 12.5. The van der Waals surface area contributed by atoms with Crippen molar-refractivity contribution in [1.29, 1.82) is 0 Å². The van der Waals surface area contributed by atoms with E-state index in [1.54, 1.807) is 0 Å². The Kier molecular flexibility index (Phi) is 4.35. The quantitative estimate of drug-likeness (QED) is 0.709. The molecule has 1 N–H and O–H groups in total. The number of hydrogen-bond donors (Lipinski definition) is 1. The van der Waals surface area contributed by atoms with Crippen LogP contribution in [0.15, 0.2) is 36.9 Å². The Hall–Kier alpha value is -2.38. The van der Waals surface area contributed by atoms with Gasteiger partial charge >= 0.3 is 0 Å². The highest BCUT2D eigenvalue weighted by Gasteiger charge is 2.43. The average molecular weight is 407 g/mol. The van der Waals surface area contributed by atoms with Crippen LogP contribution >= 0.6 is 0 Å². The molecule has 7 rings (SSSR count). The zero-order valence-electron chi connectivity index (χ0n) is 17.6. The van der Waals surface area contributed by atoms with Gasteiger partial charge in [0.1, 0.15) is 0 Å². The number of piperazine rings is 1. The summed E-state index contributed by atoms with van der Waals surface area (Å²) in [6.07, 6.45) is 14.9. The average Bonchev–Trinajstić information content (AvgIpc) is 3.37. The fourth-order valence-electron chi connectivity index (χ4n) is 5.35. The van der Waals surface area contributed by atoms with Crippen LogP contribution < -0.4 is 10.2 Å². The van der Waals surface area contributed by atoms with Crippen molar-refractivity contribution in [3.63, 3.8) is 0 Å². The minimum Gasteiger partial charge on any atom is -0.380 e. The second kappa shape index (κ2) is 7.10. The lowest BCUT2D eigenvalue weighted by molar-refractivity contribution is -0.155. The van der Waals surface area contributed by atoms with E-state index in [0.29, 0.717) is 12.1 Å². The standard InChI is InChI=1S/C17H20N6.C6H10O/c1-21-8-13(7-19-21)12-6-17-16(4-5-18-23(17)9-12)22-10-14-2-3-15(11-22)20-14;1-2-6(3-1)4-7-5-6/h4-9,14-15,20H,2-3,10-11H2,1H3;1-5H2. The normalized spacial score (nSPS) is 26.2. The largest absolute Gasteiger partial charge is 0.380 e. The van der Waals surface area contributed by atoms with E-state index in [1.807, 2.05) is 34.8 Å². The highest BCUT2D eigenvalue weighted by Crippen LogP contribution is 2.46. The van der Waals surface area contributed by atoms with Gasteiger partial charge in [0.2, 0.25) is 0 Å². The summed E-state index contributed by atoms with van der Waals surface area (Å²) >= 11 is 0. The van der Waals surface area contributed by atoms with Crippen molar-refractivity contribution in [1.82, 2.24) is 24.7 Å². The number of aromatic nitrogens is 4. The van der Waals surface area contributed by atoms with Crippen molar-refractivity contribution in [3.8, 4) is 11.1 Å². The Bertz CT molecular complexity index is 1020. The maximum Gasteiger partial charge on any atom is 0.0886 e. The van der Waals surface area contributed by atoms with Crippen LogP contribution in [0.5, 0.6) is 0 Å². The Labute approximate surface area is 177 Å². The van der Waals surface area contributed by atoms with Gasteiger partial charge in [0.05, 0.1) is 30.6 Å². The number of aryl methyl sites for hydroxylation is 1. The highest BCUT2D eigenvalue weighted by molar-refractivity contribution is 5.79. The third kappa shape index (κ3) is 3.20. The lowest BCUT2D eigenvalue weighted by atomic mass is 9.67. The maximum atomic E-state index is 5.08. The summed E-state index contributed by atoms with van der Waals surface area (Å²) in [6, 6.07) is 5.64. The van der Waals surface area contributed by atoms with Gasteiger partial charge in [-0.05, 0) is 37.8 Å². The first kappa shape index (κ1) is 18.4. The molecule has 0 amide bonds. The molecule has 158 valence electrons. The summed E-state index contributed by atoms with van der Waals surface area (Å²) in [4.78, 5) is 2.52. The van der Waals surface area contributed by atoms with Crippen molar-refractivity contribution >= 4 is 11.2 Å². The molecule has 7 heteroatoms. The molecular weight excluding hydrogens is 376 g/mol. The van der Waals surface area contributed by atoms with Crippen molar-refractivity contribution in [2.45, 2.75) is 44.2 Å². The van der Waals surface area contributed by atoms with Gasteiger partial charge < -0.3 is 15.0 Å². The molecule has 1 saturated carbocycles. The van der Waals surface area contributed by atoms with Crippen LogP contribution in [0.3, 0.4) is 0 Å². The van der Waals surface area contributed by atoms with Crippen LogP contribution in [0.2, 0.25) is 0 Å². The Balaban J connectivity index is 0.000000210. The predicted octanol–water partition coefficient (Wildman–Crippen LogP) is 2.86. The molecule has 4 aliphatic rings. The van der Waals surface area contributed by atoms with Gasteiger partial charge in [-0.1, -0.05) is 6.42 Å². The van der Waals surface area contributed by atoms with Crippen LogP contribution in [0.4, 0.5) is 5.69 Å². The molecular formula is C23H30N6O. The zero-order chi connectivity index (χ0) is 20.1. The van der Waals surface area contributed by atoms with Crippen LogP contribution in [-0.4, -0.2) is 57.8 Å². The van der Waals surface area contributed by atoms with Gasteiger partial charge in [0.15, 0.2) is 0 Å². The van der Waals surface area contributed by atoms with E-state index < -0.39 is 0 Å². The van der Waals surface area contributed by atoms with E-state index in [4.69, 9.17) is 4.74 Å². The van der Waals surface area contributed by atoms with E-state index >= 15 is 0 Å². The van der Waals surface area contributed by atoms with E-state index in [-0.39, 0.29) is 0 Å². The lowest BCUT2D eigenvalue weighted by Gasteiger charge is -2.48. The topological polar surface area (TPSA) is 59.6 Å². The van der Waals surface area contributed by atoms with E-state index in [1.165, 1.54) is 43.3 Å². The number of nitrogens with one attached hydrogen (secondary N) is 1. The fraction of sp³-hybridized carbons (Fsp3) is 0.565. The molecule has 3 aliphatic heterocycles. The van der Waals surface area contributed by atoms with Crippen molar-refractivity contribution in [2.24, 2.45) is 12.5 Å².